The van der Waals surface area contributed by atoms with Gasteiger partial charge in [0.05, 0.1) is 20.1 Å². The number of ether oxygens (including phenoxy) is 2. The van der Waals surface area contributed by atoms with Crippen LogP contribution in [0.2, 0.25) is 0 Å². The summed E-state index contributed by atoms with van der Waals surface area (Å²) in [5, 5.41) is 0. The molecule has 4 nitrogen and oxygen atoms in total. The summed E-state index contributed by atoms with van der Waals surface area (Å²) >= 11 is 0. The van der Waals surface area contributed by atoms with Crippen LogP contribution >= 0.6 is 0 Å². The van der Waals surface area contributed by atoms with Gasteiger partial charge < -0.3 is 14.4 Å². The molecule has 0 bridgehead atoms. The molecule has 0 atom stereocenters. The minimum Gasteiger partial charge on any atom is -0.493 e. The first-order valence-electron chi connectivity index (χ1n) is 9.37. The number of hydrogen-bond donors (Lipinski definition) is 0. The first kappa shape index (κ1) is 19.5. The number of methoxy groups -OCH3 is 1. The van der Waals surface area contributed by atoms with Crippen LogP contribution in [0.1, 0.15) is 17.5 Å². The number of amides is 1. The number of para-hydroxylation sites is 2. The summed E-state index contributed by atoms with van der Waals surface area (Å²) in [6, 6.07) is 27.5. The molecular weight excluding hydrogens is 350 g/mol. The molecule has 3 rings (SSSR count). The fraction of sp³-hybridized carbons (Fsp3) is 0.208. The first-order valence-corrected chi connectivity index (χ1v) is 9.37. The van der Waals surface area contributed by atoms with Crippen molar-refractivity contribution in [2.45, 2.75) is 19.5 Å². The quantitative estimate of drug-likeness (QED) is 0.544. The largest absolute Gasteiger partial charge is 0.493 e. The van der Waals surface area contributed by atoms with Gasteiger partial charge in [-0.25, -0.2) is 0 Å². The highest BCUT2D eigenvalue weighted by molar-refractivity contribution is 5.76. The predicted molar refractivity (Wildman–Crippen MR) is 110 cm³/mol. The van der Waals surface area contributed by atoms with Crippen molar-refractivity contribution in [1.82, 2.24) is 4.90 Å². The Balaban J connectivity index is 1.64. The molecule has 0 saturated heterocycles. The molecule has 0 aliphatic heterocycles. The van der Waals surface area contributed by atoms with Crippen LogP contribution in [0.3, 0.4) is 0 Å². The fourth-order valence-electron chi connectivity index (χ4n) is 2.98. The van der Waals surface area contributed by atoms with E-state index in [0.29, 0.717) is 37.6 Å². The molecule has 0 aliphatic rings. The third-order valence-electron chi connectivity index (χ3n) is 4.43. The molecule has 3 aromatic rings. The van der Waals surface area contributed by atoms with Crippen molar-refractivity contribution in [3.05, 3.63) is 96.1 Å². The van der Waals surface area contributed by atoms with Crippen molar-refractivity contribution in [2.24, 2.45) is 0 Å². The monoisotopic (exact) mass is 375 g/mol. The van der Waals surface area contributed by atoms with E-state index in [4.69, 9.17) is 9.47 Å². The van der Waals surface area contributed by atoms with E-state index >= 15 is 0 Å². The summed E-state index contributed by atoms with van der Waals surface area (Å²) in [7, 11) is 1.61. The SMILES string of the molecule is COc1ccccc1OCCC(=O)N(Cc1ccccc1)Cc1ccccc1. The third-order valence-corrected chi connectivity index (χ3v) is 4.43. The van der Waals surface area contributed by atoms with Gasteiger partial charge in [-0.3, -0.25) is 4.79 Å². The lowest BCUT2D eigenvalue weighted by atomic mass is 10.1. The maximum atomic E-state index is 12.9. The van der Waals surface area contributed by atoms with Gasteiger partial charge in [-0.15, -0.1) is 0 Å². The Kier molecular flexibility index (Phi) is 7.08. The summed E-state index contributed by atoms with van der Waals surface area (Å²) in [6.45, 7) is 1.45. The second-order valence-corrected chi connectivity index (χ2v) is 6.47. The van der Waals surface area contributed by atoms with Crippen molar-refractivity contribution in [1.29, 1.82) is 0 Å². The van der Waals surface area contributed by atoms with Gasteiger partial charge in [0.15, 0.2) is 11.5 Å². The summed E-state index contributed by atoms with van der Waals surface area (Å²) in [4.78, 5) is 14.8. The van der Waals surface area contributed by atoms with Crippen LogP contribution in [0.4, 0.5) is 0 Å². The van der Waals surface area contributed by atoms with Gasteiger partial charge in [-0.05, 0) is 23.3 Å². The zero-order valence-corrected chi connectivity index (χ0v) is 16.1. The summed E-state index contributed by atoms with van der Waals surface area (Å²) in [5.41, 5.74) is 2.22. The van der Waals surface area contributed by atoms with E-state index in [1.807, 2.05) is 89.8 Å². The van der Waals surface area contributed by atoms with Crippen molar-refractivity contribution < 1.29 is 14.3 Å². The minimum absolute atomic E-state index is 0.0580. The molecule has 144 valence electrons. The Hall–Kier alpha value is -3.27. The fourth-order valence-corrected chi connectivity index (χ4v) is 2.98. The summed E-state index contributed by atoms with van der Waals surface area (Å²) in [6.07, 6.45) is 0.303. The van der Waals surface area contributed by atoms with Gasteiger partial charge >= 0.3 is 0 Å². The van der Waals surface area contributed by atoms with E-state index in [-0.39, 0.29) is 5.91 Å². The lowest BCUT2D eigenvalue weighted by Crippen LogP contribution is -2.31. The highest BCUT2D eigenvalue weighted by Crippen LogP contribution is 2.25. The van der Waals surface area contributed by atoms with Gasteiger partial charge in [-0.1, -0.05) is 72.8 Å². The normalized spacial score (nSPS) is 10.3. The smallest absolute Gasteiger partial charge is 0.226 e. The van der Waals surface area contributed by atoms with Gasteiger partial charge in [0.1, 0.15) is 0 Å². The summed E-state index contributed by atoms with van der Waals surface area (Å²) < 4.78 is 11.1. The summed E-state index contributed by atoms with van der Waals surface area (Å²) in [5.74, 6) is 1.37. The molecule has 4 heteroatoms. The lowest BCUT2D eigenvalue weighted by Gasteiger charge is -2.23. The Bertz CT molecular complexity index is 824. The van der Waals surface area contributed by atoms with E-state index in [0.717, 1.165) is 11.1 Å². The van der Waals surface area contributed by atoms with Crippen molar-refractivity contribution in [2.75, 3.05) is 13.7 Å². The lowest BCUT2D eigenvalue weighted by molar-refractivity contribution is -0.133. The van der Waals surface area contributed by atoms with E-state index in [1.54, 1.807) is 7.11 Å². The Labute approximate surface area is 166 Å². The van der Waals surface area contributed by atoms with Gasteiger partial charge in [0.2, 0.25) is 5.91 Å². The molecule has 0 unspecified atom stereocenters. The van der Waals surface area contributed by atoms with Crippen LogP contribution in [0.15, 0.2) is 84.9 Å². The zero-order valence-electron chi connectivity index (χ0n) is 16.1. The van der Waals surface area contributed by atoms with Crippen LogP contribution in [0.5, 0.6) is 11.5 Å². The molecule has 0 spiro atoms. The number of carbonyl (C=O) groups excluding carboxylic acids is 1. The highest BCUT2D eigenvalue weighted by atomic mass is 16.5. The number of nitrogens with zero attached hydrogens (tertiary/aromatic N) is 1. The second-order valence-electron chi connectivity index (χ2n) is 6.47. The highest BCUT2D eigenvalue weighted by Gasteiger charge is 2.15. The molecule has 0 saturated carbocycles. The standard InChI is InChI=1S/C24H25NO3/c1-27-22-14-8-9-15-23(22)28-17-16-24(26)25(18-20-10-4-2-5-11-20)19-21-12-6-3-7-13-21/h2-15H,16-19H2,1H3. The van der Waals surface area contributed by atoms with Crippen molar-refractivity contribution in [3.8, 4) is 11.5 Å². The predicted octanol–water partition coefficient (Wildman–Crippen LogP) is 4.69. The number of carbonyl (C=O) groups is 1. The zero-order chi connectivity index (χ0) is 19.6. The van der Waals surface area contributed by atoms with Crippen LogP contribution in [0.25, 0.3) is 0 Å². The topological polar surface area (TPSA) is 38.8 Å². The Morgan fingerprint density at radius 3 is 1.79 bits per heavy atom. The van der Waals surface area contributed by atoms with Crippen LogP contribution < -0.4 is 9.47 Å². The second kappa shape index (κ2) is 10.2. The molecule has 28 heavy (non-hydrogen) atoms. The van der Waals surface area contributed by atoms with Crippen LogP contribution in [0, 0.1) is 0 Å². The number of benzene rings is 3. The van der Waals surface area contributed by atoms with Crippen LogP contribution in [-0.4, -0.2) is 24.5 Å². The molecule has 3 aromatic carbocycles. The molecular formula is C24H25NO3. The van der Waals surface area contributed by atoms with E-state index < -0.39 is 0 Å². The van der Waals surface area contributed by atoms with Crippen molar-refractivity contribution >= 4 is 5.91 Å². The average Bonchev–Trinajstić information content (AvgIpc) is 2.75. The van der Waals surface area contributed by atoms with Gasteiger partial charge in [-0.2, -0.15) is 0 Å². The Morgan fingerprint density at radius 2 is 1.25 bits per heavy atom. The number of rotatable bonds is 9. The minimum atomic E-state index is 0.0580. The molecule has 0 fully saturated rings. The maximum absolute atomic E-state index is 12.9. The van der Waals surface area contributed by atoms with E-state index in [1.165, 1.54) is 0 Å². The number of hydrogen-bond acceptors (Lipinski definition) is 3. The van der Waals surface area contributed by atoms with Gasteiger partial charge in [0, 0.05) is 13.1 Å². The van der Waals surface area contributed by atoms with Crippen LogP contribution in [-0.2, 0) is 17.9 Å². The molecule has 0 aliphatic carbocycles. The van der Waals surface area contributed by atoms with E-state index in [9.17, 15) is 4.79 Å². The molecule has 0 aromatic heterocycles. The van der Waals surface area contributed by atoms with Crippen molar-refractivity contribution in [3.63, 3.8) is 0 Å². The molecule has 1 amide bonds. The molecule has 0 N–H and O–H groups in total. The van der Waals surface area contributed by atoms with Gasteiger partial charge in [0.25, 0.3) is 0 Å². The molecule has 0 heterocycles. The average molecular weight is 375 g/mol. The third kappa shape index (κ3) is 5.61. The Morgan fingerprint density at radius 1 is 0.750 bits per heavy atom. The molecule has 0 radical (unpaired) electrons. The first-order chi connectivity index (χ1) is 13.8. The van der Waals surface area contributed by atoms with E-state index in [2.05, 4.69) is 0 Å². The maximum Gasteiger partial charge on any atom is 0.226 e.